The van der Waals surface area contributed by atoms with Gasteiger partial charge < -0.3 is 10.5 Å². The number of nitrogen functional groups attached to an aromatic ring is 1. The molecule has 2 N–H and O–H groups in total. The Morgan fingerprint density at radius 3 is 2.42 bits per heavy atom. The van der Waals surface area contributed by atoms with E-state index in [0.717, 1.165) is 61.7 Å². The molecule has 2 aromatic heterocycles. The summed E-state index contributed by atoms with van der Waals surface area (Å²) in [6.07, 6.45) is 8.47. The van der Waals surface area contributed by atoms with Crippen LogP contribution in [0.25, 0.3) is 27.9 Å². The molecule has 0 amide bonds. The van der Waals surface area contributed by atoms with E-state index in [9.17, 15) is 4.79 Å². The largest absolute Gasteiger partial charge is 0.459 e. The van der Waals surface area contributed by atoms with Crippen molar-refractivity contribution in [3.63, 3.8) is 0 Å². The van der Waals surface area contributed by atoms with Gasteiger partial charge in [0, 0.05) is 5.69 Å². The number of aromatic nitrogens is 3. The minimum absolute atomic E-state index is 0.0599. The molecule has 0 bridgehead atoms. The maximum atomic E-state index is 13.3. The Balaban J connectivity index is 1.62. The molecular formula is C27H30N4O2. The highest BCUT2D eigenvalue weighted by Gasteiger charge is 2.28. The number of esters is 1. The van der Waals surface area contributed by atoms with E-state index >= 15 is 0 Å². The number of rotatable bonds is 6. The molecule has 33 heavy (non-hydrogen) atoms. The number of anilines is 1. The van der Waals surface area contributed by atoms with Gasteiger partial charge in [0.25, 0.3) is 0 Å². The SMILES string of the molecule is CCCCc1ccc(-n2c(N)c(C(=O)OC3CCCCC3)c3nc4ccccc4nc32)cc1. The number of aryl methyl sites for hydroxylation is 1. The van der Waals surface area contributed by atoms with Crippen LogP contribution in [0.3, 0.4) is 0 Å². The highest BCUT2D eigenvalue weighted by atomic mass is 16.5. The van der Waals surface area contributed by atoms with Crippen LogP contribution in [0.15, 0.2) is 48.5 Å². The molecule has 6 heteroatoms. The quantitative estimate of drug-likeness (QED) is 0.371. The lowest BCUT2D eigenvalue weighted by Gasteiger charge is -2.21. The third kappa shape index (κ3) is 4.17. The molecule has 1 saturated carbocycles. The van der Waals surface area contributed by atoms with E-state index in [-0.39, 0.29) is 6.10 Å². The van der Waals surface area contributed by atoms with Crippen molar-refractivity contribution in [1.82, 2.24) is 14.5 Å². The molecule has 4 aromatic rings. The number of para-hydroxylation sites is 2. The molecule has 1 aliphatic rings. The van der Waals surface area contributed by atoms with Crippen LogP contribution in [0.4, 0.5) is 5.82 Å². The second kappa shape index (κ2) is 9.22. The van der Waals surface area contributed by atoms with Crippen molar-refractivity contribution in [1.29, 1.82) is 0 Å². The molecule has 0 saturated heterocycles. The Morgan fingerprint density at radius 2 is 1.73 bits per heavy atom. The van der Waals surface area contributed by atoms with Crippen molar-refractivity contribution in [2.75, 3.05) is 5.73 Å². The Hall–Kier alpha value is -3.41. The third-order valence-corrected chi connectivity index (χ3v) is 6.54. The van der Waals surface area contributed by atoms with E-state index in [0.29, 0.717) is 22.5 Å². The summed E-state index contributed by atoms with van der Waals surface area (Å²) in [5, 5.41) is 0. The summed E-state index contributed by atoms with van der Waals surface area (Å²) in [6.45, 7) is 2.19. The molecule has 0 atom stereocenters. The number of benzene rings is 2. The minimum Gasteiger partial charge on any atom is -0.459 e. The second-order valence-electron chi connectivity index (χ2n) is 8.92. The van der Waals surface area contributed by atoms with Crippen LogP contribution in [-0.4, -0.2) is 26.6 Å². The Labute approximate surface area is 193 Å². The number of nitrogens with zero attached hydrogens (tertiary/aromatic N) is 3. The van der Waals surface area contributed by atoms with Crippen LogP contribution in [0.1, 0.15) is 67.8 Å². The lowest BCUT2D eigenvalue weighted by atomic mass is 9.98. The predicted octanol–water partition coefficient (Wildman–Crippen LogP) is 5.99. The van der Waals surface area contributed by atoms with Crippen LogP contribution >= 0.6 is 0 Å². The van der Waals surface area contributed by atoms with Gasteiger partial charge in [-0.2, -0.15) is 0 Å². The number of hydrogen-bond acceptors (Lipinski definition) is 5. The number of hydrogen-bond donors (Lipinski definition) is 1. The normalized spacial score (nSPS) is 14.7. The predicted molar refractivity (Wildman–Crippen MR) is 132 cm³/mol. The average molecular weight is 443 g/mol. The molecule has 0 aliphatic heterocycles. The highest BCUT2D eigenvalue weighted by molar-refractivity contribution is 6.09. The molecule has 2 aromatic carbocycles. The molecule has 0 spiro atoms. The van der Waals surface area contributed by atoms with Crippen molar-refractivity contribution in [2.45, 2.75) is 64.4 Å². The van der Waals surface area contributed by atoms with Crippen molar-refractivity contribution >= 4 is 34.0 Å². The van der Waals surface area contributed by atoms with E-state index in [1.54, 1.807) is 0 Å². The number of nitrogens with two attached hydrogens (primary N) is 1. The van der Waals surface area contributed by atoms with Gasteiger partial charge in [-0.05, 0) is 68.4 Å². The summed E-state index contributed by atoms with van der Waals surface area (Å²) in [5.41, 5.74) is 11.6. The number of fused-ring (bicyclic) bond motifs is 2. The van der Waals surface area contributed by atoms with Gasteiger partial charge in [-0.25, -0.2) is 14.8 Å². The Morgan fingerprint density at radius 1 is 1.03 bits per heavy atom. The van der Waals surface area contributed by atoms with E-state index in [4.69, 9.17) is 20.4 Å². The summed E-state index contributed by atoms with van der Waals surface area (Å²) in [4.78, 5) is 23.0. The molecule has 170 valence electrons. The smallest absolute Gasteiger partial charge is 0.344 e. The fraction of sp³-hybridized carbons (Fsp3) is 0.370. The summed E-state index contributed by atoms with van der Waals surface area (Å²) in [6, 6.07) is 16.0. The Bertz CT molecular complexity index is 1290. The first-order valence-corrected chi connectivity index (χ1v) is 12.0. The van der Waals surface area contributed by atoms with Crippen LogP contribution < -0.4 is 5.73 Å². The topological polar surface area (TPSA) is 83.0 Å². The number of carbonyl (C=O) groups excluding carboxylic acids is 1. The van der Waals surface area contributed by atoms with E-state index < -0.39 is 5.97 Å². The summed E-state index contributed by atoms with van der Waals surface area (Å²) in [5.74, 6) is -0.0882. The van der Waals surface area contributed by atoms with Gasteiger partial charge in [0.2, 0.25) is 0 Å². The lowest BCUT2D eigenvalue weighted by molar-refractivity contribution is 0.0214. The summed E-state index contributed by atoms with van der Waals surface area (Å²) < 4.78 is 7.72. The number of ether oxygens (including phenoxy) is 1. The standard InChI is InChI=1S/C27H30N4O2/c1-2-3-9-18-14-16-19(17-15-18)31-25(28)23(27(32)33-20-10-5-4-6-11-20)24-26(31)30-22-13-8-7-12-21(22)29-24/h7-8,12-17,20H,2-6,9-11,28H2,1H3. The molecule has 1 fully saturated rings. The molecular weight excluding hydrogens is 412 g/mol. The van der Waals surface area contributed by atoms with Crippen molar-refractivity contribution < 1.29 is 9.53 Å². The molecule has 1 aliphatic carbocycles. The first kappa shape index (κ1) is 21.4. The van der Waals surface area contributed by atoms with E-state index in [1.165, 1.54) is 12.0 Å². The van der Waals surface area contributed by atoms with Gasteiger partial charge in [-0.15, -0.1) is 0 Å². The van der Waals surface area contributed by atoms with E-state index in [1.807, 2.05) is 41.0 Å². The number of carbonyl (C=O) groups is 1. The lowest BCUT2D eigenvalue weighted by Crippen LogP contribution is -2.21. The van der Waals surface area contributed by atoms with Gasteiger partial charge in [0.1, 0.15) is 23.0 Å². The van der Waals surface area contributed by atoms with Gasteiger partial charge >= 0.3 is 5.97 Å². The fourth-order valence-electron chi connectivity index (χ4n) is 4.71. The van der Waals surface area contributed by atoms with Crippen molar-refractivity contribution in [3.8, 4) is 5.69 Å². The van der Waals surface area contributed by atoms with Gasteiger partial charge in [0.05, 0.1) is 11.0 Å². The molecule has 5 rings (SSSR count). The van der Waals surface area contributed by atoms with Gasteiger partial charge in [-0.1, -0.05) is 44.0 Å². The third-order valence-electron chi connectivity index (χ3n) is 6.54. The number of unbranched alkanes of at least 4 members (excludes halogenated alkanes) is 1. The first-order valence-electron chi connectivity index (χ1n) is 12.0. The monoisotopic (exact) mass is 442 g/mol. The molecule has 0 unspecified atom stereocenters. The maximum absolute atomic E-state index is 13.3. The van der Waals surface area contributed by atoms with Crippen molar-refractivity contribution in [3.05, 3.63) is 59.7 Å². The maximum Gasteiger partial charge on any atom is 0.344 e. The van der Waals surface area contributed by atoms with Crippen LogP contribution in [0.5, 0.6) is 0 Å². The van der Waals surface area contributed by atoms with Crippen molar-refractivity contribution in [2.24, 2.45) is 0 Å². The first-order chi connectivity index (χ1) is 16.2. The minimum atomic E-state index is -0.410. The highest BCUT2D eigenvalue weighted by Crippen LogP contribution is 2.33. The molecule has 2 heterocycles. The summed E-state index contributed by atoms with van der Waals surface area (Å²) >= 11 is 0. The summed E-state index contributed by atoms with van der Waals surface area (Å²) in [7, 11) is 0. The average Bonchev–Trinajstić information content (AvgIpc) is 3.13. The van der Waals surface area contributed by atoms with Gasteiger partial charge in [-0.3, -0.25) is 4.57 Å². The van der Waals surface area contributed by atoms with Crippen LogP contribution in [0, 0.1) is 0 Å². The van der Waals surface area contributed by atoms with Crippen LogP contribution in [0.2, 0.25) is 0 Å². The zero-order valence-corrected chi connectivity index (χ0v) is 19.1. The zero-order valence-electron chi connectivity index (χ0n) is 19.1. The fourth-order valence-corrected chi connectivity index (χ4v) is 4.71. The molecule has 6 nitrogen and oxygen atoms in total. The second-order valence-corrected chi connectivity index (χ2v) is 8.92. The molecule has 0 radical (unpaired) electrons. The van der Waals surface area contributed by atoms with Gasteiger partial charge in [0.15, 0.2) is 5.65 Å². The van der Waals surface area contributed by atoms with Crippen LogP contribution in [-0.2, 0) is 11.2 Å². The zero-order chi connectivity index (χ0) is 22.8. The Kier molecular flexibility index (Phi) is 5.99. The van der Waals surface area contributed by atoms with E-state index in [2.05, 4.69) is 19.1 Å².